The van der Waals surface area contributed by atoms with Gasteiger partial charge in [-0.2, -0.15) is 16.6 Å². The first-order chi connectivity index (χ1) is 10.1. The molecule has 0 spiro atoms. The molecule has 2 heterocycles. The number of nitriles is 1. The lowest BCUT2D eigenvalue weighted by molar-refractivity contribution is -0.138. The molecule has 0 aliphatic carbocycles. The maximum Gasteiger partial charge on any atom is 0.337 e. The molecule has 1 aromatic rings. The number of ether oxygens (including phenoxy) is 1. The molecule has 1 N–H and O–H groups in total. The second-order valence-corrected chi connectivity index (χ2v) is 5.64. The number of dihydropyridines is 1. The highest BCUT2D eigenvalue weighted by molar-refractivity contribution is 7.84. The summed E-state index contributed by atoms with van der Waals surface area (Å²) >= 11 is 5.82. The Bertz CT molecular complexity index is 666. The first-order valence-corrected chi connectivity index (χ1v) is 7.60. The van der Waals surface area contributed by atoms with Gasteiger partial charge in [-0.1, -0.05) is 12.7 Å². The van der Waals surface area contributed by atoms with Crippen molar-refractivity contribution in [3.8, 4) is 6.07 Å². The molecular formula is C15H14N2O2S2. The van der Waals surface area contributed by atoms with Crippen molar-refractivity contribution < 1.29 is 9.53 Å². The van der Waals surface area contributed by atoms with E-state index in [0.717, 1.165) is 5.56 Å². The predicted molar refractivity (Wildman–Crippen MR) is 85.7 cm³/mol. The zero-order valence-electron chi connectivity index (χ0n) is 11.4. The van der Waals surface area contributed by atoms with Gasteiger partial charge in [0.15, 0.2) is 0 Å². The molecule has 21 heavy (non-hydrogen) atoms. The zero-order chi connectivity index (χ0) is 15.4. The Labute approximate surface area is 132 Å². The predicted octanol–water partition coefficient (Wildman–Crippen LogP) is 3.10. The van der Waals surface area contributed by atoms with Gasteiger partial charge in [-0.15, -0.1) is 12.6 Å². The van der Waals surface area contributed by atoms with Crippen LogP contribution in [0.1, 0.15) is 18.4 Å². The second-order valence-electron chi connectivity index (χ2n) is 4.41. The molecule has 1 aliphatic rings. The number of carbonyl (C=O) groups excluding carboxylic acids is 1. The average molecular weight is 318 g/mol. The molecule has 1 aromatic heterocycles. The van der Waals surface area contributed by atoms with Gasteiger partial charge < -0.3 is 10.1 Å². The maximum absolute atomic E-state index is 12.3. The Morgan fingerprint density at radius 3 is 3.05 bits per heavy atom. The van der Waals surface area contributed by atoms with E-state index in [4.69, 9.17) is 4.74 Å². The molecule has 0 saturated heterocycles. The summed E-state index contributed by atoms with van der Waals surface area (Å²) in [7, 11) is 0. The molecule has 0 bridgehead atoms. The van der Waals surface area contributed by atoms with E-state index in [-0.39, 0.29) is 6.61 Å². The van der Waals surface area contributed by atoms with Crippen LogP contribution in [0, 0.1) is 11.3 Å². The number of hydrogen-bond acceptors (Lipinski definition) is 6. The summed E-state index contributed by atoms with van der Waals surface area (Å²) in [5.41, 5.74) is 2.37. The smallest absolute Gasteiger partial charge is 0.337 e. The highest BCUT2D eigenvalue weighted by atomic mass is 32.1. The molecule has 4 nitrogen and oxygen atoms in total. The summed E-state index contributed by atoms with van der Waals surface area (Å²) in [6.45, 7) is 5.43. The molecule has 0 unspecified atom stereocenters. The van der Waals surface area contributed by atoms with Crippen LogP contribution in [-0.4, -0.2) is 12.6 Å². The Morgan fingerprint density at radius 1 is 1.71 bits per heavy atom. The minimum Gasteiger partial charge on any atom is -0.458 e. The summed E-state index contributed by atoms with van der Waals surface area (Å²) in [4.78, 5) is 12.3. The van der Waals surface area contributed by atoms with Crippen LogP contribution in [0.4, 0.5) is 0 Å². The van der Waals surface area contributed by atoms with Crippen molar-refractivity contribution >= 4 is 29.9 Å². The maximum atomic E-state index is 12.3. The van der Waals surface area contributed by atoms with Gasteiger partial charge in [0.2, 0.25) is 0 Å². The van der Waals surface area contributed by atoms with Crippen LogP contribution >= 0.6 is 24.0 Å². The fourth-order valence-electron chi connectivity index (χ4n) is 2.18. The fourth-order valence-corrected chi connectivity index (χ4v) is 3.22. The van der Waals surface area contributed by atoms with Gasteiger partial charge in [0, 0.05) is 5.70 Å². The van der Waals surface area contributed by atoms with Gasteiger partial charge in [0.25, 0.3) is 0 Å². The largest absolute Gasteiger partial charge is 0.458 e. The summed E-state index contributed by atoms with van der Waals surface area (Å²) in [6.07, 6.45) is 1.51. The average Bonchev–Trinajstić information content (AvgIpc) is 2.97. The van der Waals surface area contributed by atoms with Crippen molar-refractivity contribution in [1.82, 2.24) is 5.32 Å². The topological polar surface area (TPSA) is 62.1 Å². The van der Waals surface area contributed by atoms with Crippen molar-refractivity contribution in [2.45, 2.75) is 12.8 Å². The molecule has 6 heteroatoms. The second kappa shape index (κ2) is 6.66. The Balaban J connectivity index is 2.49. The van der Waals surface area contributed by atoms with Gasteiger partial charge in [-0.05, 0) is 29.3 Å². The number of hydrogen-bond donors (Lipinski definition) is 2. The molecule has 1 atom stereocenters. The van der Waals surface area contributed by atoms with E-state index in [0.29, 0.717) is 21.9 Å². The van der Waals surface area contributed by atoms with Gasteiger partial charge in [0.05, 0.1) is 28.2 Å². The molecule has 2 rings (SSSR count). The Kier molecular flexibility index (Phi) is 4.89. The van der Waals surface area contributed by atoms with E-state index < -0.39 is 11.9 Å². The van der Waals surface area contributed by atoms with Gasteiger partial charge >= 0.3 is 5.97 Å². The lowest BCUT2D eigenvalue weighted by atomic mass is 9.84. The van der Waals surface area contributed by atoms with Gasteiger partial charge in [0.1, 0.15) is 6.61 Å². The van der Waals surface area contributed by atoms with Crippen LogP contribution in [0.2, 0.25) is 0 Å². The van der Waals surface area contributed by atoms with Gasteiger partial charge in [-0.3, -0.25) is 0 Å². The highest BCUT2D eigenvalue weighted by Crippen LogP contribution is 2.39. The lowest BCUT2D eigenvalue weighted by Crippen LogP contribution is -2.28. The van der Waals surface area contributed by atoms with Crippen LogP contribution in [0.15, 0.2) is 51.4 Å². The molecule has 0 amide bonds. The molecule has 108 valence electrons. The highest BCUT2D eigenvalue weighted by Gasteiger charge is 2.34. The minimum atomic E-state index is -0.454. The number of esters is 1. The SMILES string of the molecule is C=CCOC(=O)C1=C(C)NC(S)=C(C#N)[C@H]1c1ccsc1. The molecule has 0 saturated carbocycles. The van der Waals surface area contributed by atoms with Gasteiger partial charge in [-0.25, -0.2) is 4.79 Å². The van der Waals surface area contributed by atoms with Crippen molar-refractivity contribution in [2.24, 2.45) is 0 Å². The lowest BCUT2D eigenvalue weighted by Gasteiger charge is -2.27. The van der Waals surface area contributed by atoms with Crippen LogP contribution in [-0.2, 0) is 9.53 Å². The van der Waals surface area contributed by atoms with Crippen LogP contribution in [0.3, 0.4) is 0 Å². The first kappa shape index (κ1) is 15.4. The van der Waals surface area contributed by atoms with E-state index in [2.05, 4.69) is 30.6 Å². The number of thiophene rings is 1. The van der Waals surface area contributed by atoms with Crippen molar-refractivity contribution in [1.29, 1.82) is 5.26 Å². The molecule has 0 aromatic carbocycles. The number of rotatable bonds is 4. The number of nitrogens with zero attached hydrogens (tertiary/aromatic N) is 1. The zero-order valence-corrected chi connectivity index (χ0v) is 13.1. The number of nitrogens with one attached hydrogen (secondary N) is 1. The summed E-state index contributed by atoms with van der Waals surface area (Å²) in [6, 6.07) is 4.03. The van der Waals surface area contributed by atoms with E-state index in [1.807, 2.05) is 16.8 Å². The van der Waals surface area contributed by atoms with Crippen LogP contribution in [0.5, 0.6) is 0 Å². The van der Waals surface area contributed by atoms with E-state index in [1.165, 1.54) is 17.4 Å². The van der Waals surface area contributed by atoms with Crippen molar-refractivity contribution in [3.63, 3.8) is 0 Å². The molecular weight excluding hydrogens is 304 g/mol. The number of carbonyl (C=O) groups is 1. The quantitative estimate of drug-likeness (QED) is 0.509. The van der Waals surface area contributed by atoms with Crippen molar-refractivity contribution in [2.75, 3.05) is 6.61 Å². The first-order valence-electron chi connectivity index (χ1n) is 6.21. The normalized spacial score (nSPS) is 18.0. The molecule has 0 fully saturated rings. The Morgan fingerprint density at radius 2 is 2.48 bits per heavy atom. The van der Waals surface area contributed by atoms with E-state index in [9.17, 15) is 10.1 Å². The summed E-state index contributed by atoms with van der Waals surface area (Å²) < 4.78 is 5.15. The third-order valence-electron chi connectivity index (χ3n) is 3.09. The summed E-state index contributed by atoms with van der Waals surface area (Å²) in [5, 5.41) is 16.7. The fraction of sp³-hybridized carbons (Fsp3) is 0.200. The van der Waals surface area contributed by atoms with E-state index in [1.54, 1.807) is 6.92 Å². The number of allylic oxidation sites excluding steroid dienone is 2. The third kappa shape index (κ3) is 3.04. The number of thiol groups is 1. The standard InChI is InChI=1S/C15H14N2O2S2/c1-3-5-19-15(18)12-9(2)17-14(20)11(7-16)13(12)10-4-6-21-8-10/h3-4,6,8,13,17,20H,1,5H2,2H3/t13-/m1/s1. The van der Waals surface area contributed by atoms with E-state index >= 15 is 0 Å². The molecule has 0 radical (unpaired) electrons. The third-order valence-corrected chi connectivity index (χ3v) is 4.15. The Hall–Kier alpha value is -1.97. The monoisotopic (exact) mass is 318 g/mol. The van der Waals surface area contributed by atoms with Crippen LogP contribution in [0.25, 0.3) is 0 Å². The van der Waals surface area contributed by atoms with Crippen LogP contribution < -0.4 is 5.32 Å². The van der Waals surface area contributed by atoms with Crippen molar-refractivity contribution in [3.05, 3.63) is 56.9 Å². The molecule has 1 aliphatic heterocycles. The summed E-state index contributed by atoms with van der Waals surface area (Å²) in [5.74, 6) is -0.906. The minimum absolute atomic E-state index is 0.130.